The van der Waals surface area contributed by atoms with Gasteiger partial charge in [-0.2, -0.15) is 0 Å². The number of piperazine rings is 1. The van der Waals surface area contributed by atoms with Crippen LogP contribution >= 0.6 is 0 Å². The minimum atomic E-state index is -0.949. The second-order valence-electron chi connectivity index (χ2n) is 4.36. The van der Waals surface area contributed by atoms with Crippen LogP contribution in [-0.4, -0.2) is 41.5 Å². The van der Waals surface area contributed by atoms with Gasteiger partial charge in [-0.3, -0.25) is 4.79 Å². The molecule has 1 aliphatic rings. The highest BCUT2D eigenvalue weighted by atomic mass is 16.4. The fourth-order valence-corrected chi connectivity index (χ4v) is 2.26. The van der Waals surface area contributed by atoms with Gasteiger partial charge in [0.2, 0.25) is 5.91 Å². The highest BCUT2D eigenvalue weighted by Crippen LogP contribution is 2.23. The summed E-state index contributed by atoms with van der Waals surface area (Å²) in [6.45, 7) is 3.62. The molecule has 5 nitrogen and oxygen atoms in total. The van der Waals surface area contributed by atoms with Crippen LogP contribution in [0.2, 0.25) is 0 Å². The Balaban J connectivity index is 2.30. The third-order valence-corrected chi connectivity index (χ3v) is 3.17. The lowest BCUT2D eigenvalue weighted by molar-refractivity contribution is -0.132. The predicted octanol–water partition coefficient (Wildman–Crippen LogP) is 0.878. The van der Waals surface area contributed by atoms with E-state index in [1.807, 2.05) is 6.07 Å². The summed E-state index contributed by atoms with van der Waals surface area (Å²) in [6.07, 6.45) is 0. The van der Waals surface area contributed by atoms with Crippen LogP contribution in [0.4, 0.5) is 0 Å². The second kappa shape index (κ2) is 5.18. The predicted molar refractivity (Wildman–Crippen MR) is 66.4 cm³/mol. The summed E-state index contributed by atoms with van der Waals surface area (Å²) >= 11 is 0. The van der Waals surface area contributed by atoms with Crippen molar-refractivity contribution >= 4 is 11.9 Å². The van der Waals surface area contributed by atoms with Crippen LogP contribution in [0, 0.1) is 0 Å². The minimum Gasteiger partial charge on any atom is -0.478 e. The van der Waals surface area contributed by atoms with Crippen molar-refractivity contribution < 1.29 is 14.7 Å². The molecule has 1 aromatic carbocycles. The Morgan fingerprint density at radius 2 is 2.22 bits per heavy atom. The summed E-state index contributed by atoms with van der Waals surface area (Å²) in [7, 11) is 0. The maximum atomic E-state index is 11.6. The zero-order valence-corrected chi connectivity index (χ0v) is 10.2. The van der Waals surface area contributed by atoms with Crippen molar-refractivity contribution in [3.05, 3.63) is 35.4 Å². The molecule has 0 aliphatic carbocycles. The number of rotatable bonds is 2. The molecule has 2 rings (SSSR count). The summed E-state index contributed by atoms with van der Waals surface area (Å²) in [5.74, 6) is -0.933. The maximum Gasteiger partial charge on any atom is 0.335 e. The van der Waals surface area contributed by atoms with Crippen LogP contribution in [0.5, 0.6) is 0 Å². The quantitative estimate of drug-likeness (QED) is 0.815. The molecule has 5 heteroatoms. The molecule has 1 fully saturated rings. The molecule has 0 radical (unpaired) electrons. The first-order valence-corrected chi connectivity index (χ1v) is 5.91. The molecule has 1 aromatic rings. The highest BCUT2D eigenvalue weighted by molar-refractivity contribution is 5.87. The number of aromatic carboxylic acids is 1. The van der Waals surface area contributed by atoms with Crippen LogP contribution in [-0.2, 0) is 4.79 Å². The average molecular weight is 248 g/mol. The molecular weight excluding hydrogens is 232 g/mol. The van der Waals surface area contributed by atoms with Crippen LogP contribution in [0.15, 0.2) is 24.3 Å². The molecule has 0 unspecified atom stereocenters. The molecule has 0 spiro atoms. The summed E-state index contributed by atoms with van der Waals surface area (Å²) in [6, 6.07) is 6.68. The molecular formula is C13H16N2O3. The van der Waals surface area contributed by atoms with Gasteiger partial charge in [0, 0.05) is 26.6 Å². The molecule has 96 valence electrons. The average Bonchev–Trinajstić information content (AvgIpc) is 2.39. The topological polar surface area (TPSA) is 69.6 Å². The van der Waals surface area contributed by atoms with Gasteiger partial charge in [0.05, 0.1) is 11.6 Å². The monoisotopic (exact) mass is 248 g/mol. The zero-order valence-electron chi connectivity index (χ0n) is 10.2. The number of carboxylic acid groups (broad SMARTS) is 1. The summed E-state index contributed by atoms with van der Waals surface area (Å²) in [4.78, 5) is 24.3. The number of hydrogen-bond acceptors (Lipinski definition) is 3. The second-order valence-corrected chi connectivity index (χ2v) is 4.36. The molecule has 1 atom stereocenters. The first-order chi connectivity index (χ1) is 8.59. The zero-order chi connectivity index (χ0) is 13.1. The van der Waals surface area contributed by atoms with Gasteiger partial charge in [0.1, 0.15) is 0 Å². The fraction of sp³-hybridized carbons (Fsp3) is 0.385. The van der Waals surface area contributed by atoms with Crippen molar-refractivity contribution in [2.45, 2.75) is 13.0 Å². The molecule has 1 aliphatic heterocycles. The van der Waals surface area contributed by atoms with E-state index in [9.17, 15) is 9.59 Å². The van der Waals surface area contributed by atoms with E-state index in [0.29, 0.717) is 13.1 Å². The van der Waals surface area contributed by atoms with Gasteiger partial charge < -0.3 is 15.3 Å². The third kappa shape index (κ3) is 2.51. The Kier molecular flexibility index (Phi) is 3.62. The first kappa shape index (κ1) is 12.6. The number of carbonyl (C=O) groups excluding carboxylic acids is 1. The fourth-order valence-electron chi connectivity index (χ4n) is 2.26. The summed E-state index contributed by atoms with van der Waals surface area (Å²) < 4.78 is 0. The van der Waals surface area contributed by atoms with Crippen molar-refractivity contribution in [1.82, 2.24) is 10.2 Å². The summed E-state index contributed by atoms with van der Waals surface area (Å²) in [5.41, 5.74) is 1.11. The third-order valence-electron chi connectivity index (χ3n) is 3.17. The number of carboxylic acids is 1. The normalized spacial score (nSPS) is 19.6. The molecule has 1 saturated heterocycles. The van der Waals surface area contributed by atoms with Crippen molar-refractivity contribution in [3.8, 4) is 0 Å². The van der Waals surface area contributed by atoms with Crippen molar-refractivity contribution in [2.24, 2.45) is 0 Å². The van der Waals surface area contributed by atoms with Crippen LogP contribution in [0.3, 0.4) is 0 Å². The SMILES string of the molecule is CC(=O)N1CCNC[C@@H]1c1cccc(C(=O)O)c1. The van der Waals surface area contributed by atoms with E-state index in [1.165, 1.54) is 0 Å². The van der Waals surface area contributed by atoms with E-state index in [1.54, 1.807) is 30.0 Å². The molecule has 2 N–H and O–H groups in total. The Hall–Kier alpha value is -1.88. The van der Waals surface area contributed by atoms with Gasteiger partial charge in [-0.25, -0.2) is 4.79 Å². The highest BCUT2D eigenvalue weighted by Gasteiger charge is 2.25. The van der Waals surface area contributed by atoms with E-state index >= 15 is 0 Å². The number of benzene rings is 1. The standard InChI is InChI=1S/C13H16N2O3/c1-9(16)15-6-5-14-8-12(15)10-3-2-4-11(7-10)13(17)18/h2-4,7,12,14H,5-6,8H2,1H3,(H,17,18)/t12-/m1/s1. The number of nitrogens with zero attached hydrogens (tertiary/aromatic N) is 1. The van der Waals surface area contributed by atoms with Crippen molar-refractivity contribution in [3.63, 3.8) is 0 Å². The summed E-state index contributed by atoms with van der Waals surface area (Å²) in [5, 5.41) is 12.2. The Labute approximate surface area is 105 Å². The number of nitrogens with one attached hydrogen (secondary N) is 1. The van der Waals surface area contributed by atoms with E-state index in [2.05, 4.69) is 5.32 Å². The Bertz CT molecular complexity index is 473. The Morgan fingerprint density at radius 3 is 2.89 bits per heavy atom. The van der Waals surface area contributed by atoms with Crippen molar-refractivity contribution in [1.29, 1.82) is 0 Å². The molecule has 1 heterocycles. The maximum absolute atomic E-state index is 11.6. The lowest BCUT2D eigenvalue weighted by Gasteiger charge is -2.36. The van der Waals surface area contributed by atoms with Gasteiger partial charge >= 0.3 is 5.97 Å². The Morgan fingerprint density at radius 1 is 1.44 bits per heavy atom. The van der Waals surface area contributed by atoms with E-state index in [0.717, 1.165) is 12.1 Å². The van der Waals surface area contributed by atoms with Gasteiger partial charge in [0.25, 0.3) is 0 Å². The van der Waals surface area contributed by atoms with Crippen LogP contribution < -0.4 is 5.32 Å². The van der Waals surface area contributed by atoms with E-state index < -0.39 is 5.97 Å². The van der Waals surface area contributed by atoms with Crippen LogP contribution in [0.1, 0.15) is 28.9 Å². The smallest absolute Gasteiger partial charge is 0.335 e. The van der Waals surface area contributed by atoms with Gasteiger partial charge in [-0.15, -0.1) is 0 Å². The van der Waals surface area contributed by atoms with Crippen LogP contribution in [0.25, 0.3) is 0 Å². The molecule has 0 bridgehead atoms. The number of amides is 1. The van der Waals surface area contributed by atoms with Crippen molar-refractivity contribution in [2.75, 3.05) is 19.6 Å². The minimum absolute atomic E-state index is 0.0160. The molecule has 1 amide bonds. The molecule has 0 aromatic heterocycles. The van der Waals surface area contributed by atoms with Gasteiger partial charge in [-0.1, -0.05) is 12.1 Å². The molecule has 0 saturated carbocycles. The number of hydrogen-bond donors (Lipinski definition) is 2. The first-order valence-electron chi connectivity index (χ1n) is 5.91. The molecule has 18 heavy (non-hydrogen) atoms. The number of carbonyl (C=O) groups is 2. The lowest BCUT2D eigenvalue weighted by Crippen LogP contribution is -2.47. The largest absolute Gasteiger partial charge is 0.478 e. The van der Waals surface area contributed by atoms with E-state index in [4.69, 9.17) is 5.11 Å². The van der Waals surface area contributed by atoms with E-state index in [-0.39, 0.29) is 17.5 Å². The lowest BCUT2D eigenvalue weighted by atomic mass is 10.0. The van der Waals surface area contributed by atoms with Gasteiger partial charge in [0.15, 0.2) is 0 Å². The van der Waals surface area contributed by atoms with Gasteiger partial charge in [-0.05, 0) is 17.7 Å².